The molecule has 1 aromatic heterocycles. The zero-order valence-electron chi connectivity index (χ0n) is 16.1. The number of nitrogens with zero attached hydrogens (tertiary/aromatic N) is 2. The summed E-state index contributed by atoms with van der Waals surface area (Å²) in [4.78, 5) is 15.6. The van der Waals surface area contributed by atoms with E-state index in [1.165, 1.54) is 12.3 Å². The lowest BCUT2D eigenvalue weighted by atomic mass is 10.1. The van der Waals surface area contributed by atoms with Crippen molar-refractivity contribution in [2.75, 3.05) is 18.9 Å². The van der Waals surface area contributed by atoms with E-state index in [0.29, 0.717) is 11.4 Å². The number of rotatable bonds is 5. The molecule has 2 saturated heterocycles. The molecule has 2 fully saturated rings. The number of aromatic nitrogens is 2. The van der Waals surface area contributed by atoms with Gasteiger partial charge in [0.25, 0.3) is 0 Å². The molecule has 168 valence electrons. The second-order valence-electron chi connectivity index (χ2n) is 7.10. The Morgan fingerprint density at radius 3 is 2.87 bits per heavy atom. The molecule has 4 N–H and O–H groups in total. The summed E-state index contributed by atoms with van der Waals surface area (Å²) in [6.07, 6.45) is -4.01. The van der Waals surface area contributed by atoms with Crippen LogP contribution < -0.4 is 11.4 Å². The normalized spacial score (nSPS) is 33.5. The third-order valence-electron chi connectivity index (χ3n) is 4.97. The van der Waals surface area contributed by atoms with Gasteiger partial charge in [0.05, 0.1) is 19.3 Å². The van der Waals surface area contributed by atoms with Crippen LogP contribution in [0.5, 0.6) is 0 Å². The summed E-state index contributed by atoms with van der Waals surface area (Å²) in [6, 6.07) is 8.30. The van der Waals surface area contributed by atoms with Crippen molar-refractivity contribution in [2.45, 2.75) is 37.1 Å². The Labute approximate surface area is 181 Å². The van der Waals surface area contributed by atoms with Crippen LogP contribution in [0.25, 0.3) is 0 Å². The van der Waals surface area contributed by atoms with Crippen LogP contribution in [0.2, 0.25) is 5.02 Å². The van der Waals surface area contributed by atoms with Crippen molar-refractivity contribution in [1.29, 1.82) is 0 Å². The third-order valence-corrected chi connectivity index (χ3v) is 6.68. The van der Waals surface area contributed by atoms with Gasteiger partial charge in [-0.25, -0.2) is 9.36 Å². The Morgan fingerprint density at radius 1 is 1.32 bits per heavy atom. The molecule has 0 bridgehead atoms. The van der Waals surface area contributed by atoms with Crippen LogP contribution >= 0.6 is 19.4 Å². The number of anilines is 1. The number of hydrogen-bond donors (Lipinski definition) is 3. The molecule has 2 aromatic rings. The molecule has 0 saturated carbocycles. The summed E-state index contributed by atoms with van der Waals surface area (Å²) in [5.74, 6) is 0.00752. The summed E-state index contributed by atoms with van der Waals surface area (Å²) in [7, 11) is -3.97. The molecular formula is C18H21ClN3O8P. The van der Waals surface area contributed by atoms with Crippen molar-refractivity contribution in [2.24, 2.45) is 0 Å². The molecule has 0 aliphatic carbocycles. The van der Waals surface area contributed by atoms with Crippen molar-refractivity contribution >= 4 is 25.2 Å². The highest BCUT2D eigenvalue weighted by Crippen LogP contribution is 2.57. The number of hydrogen-bond acceptors (Lipinski definition) is 10. The van der Waals surface area contributed by atoms with Gasteiger partial charge >= 0.3 is 13.5 Å². The average Bonchev–Trinajstić information content (AvgIpc) is 3.01. The molecule has 0 amide bonds. The first-order chi connectivity index (χ1) is 14.8. The fourth-order valence-electron chi connectivity index (χ4n) is 3.39. The molecule has 0 spiro atoms. The van der Waals surface area contributed by atoms with Gasteiger partial charge < -0.3 is 20.7 Å². The first-order valence-electron chi connectivity index (χ1n) is 9.45. The quantitative estimate of drug-likeness (QED) is 0.542. The van der Waals surface area contributed by atoms with Crippen LogP contribution in [0.4, 0.5) is 5.82 Å². The standard InChI is InChI=1S/C18H21ClN3O8P/c19-11-3-1-2-10(8-11)12-5-7-27-31(26,30-12)28-9-13-15(23)16(24)17(29-13)22-6-4-14(20)21-18(22)25/h1-4,6,8,12-13,15-17,23-24H,5,7,9H2,(H2,20,21,25)/t12-,13+,15+,16-,17+,31+/m0/s1. The zero-order valence-corrected chi connectivity index (χ0v) is 17.8. The van der Waals surface area contributed by atoms with Gasteiger partial charge in [-0.2, -0.15) is 4.98 Å². The Kier molecular flexibility index (Phi) is 6.47. The van der Waals surface area contributed by atoms with Gasteiger partial charge in [0, 0.05) is 17.6 Å². The van der Waals surface area contributed by atoms with Gasteiger partial charge in [-0.15, -0.1) is 0 Å². The maximum Gasteiger partial charge on any atom is 0.475 e. The third kappa shape index (κ3) is 4.84. The Bertz CT molecular complexity index is 1050. The number of nitrogen functional groups attached to an aromatic ring is 1. The highest BCUT2D eigenvalue weighted by atomic mass is 35.5. The van der Waals surface area contributed by atoms with Crippen LogP contribution in [-0.4, -0.2) is 51.3 Å². The van der Waals surface area contributed by atoms with Crippen LogP contribution in [0.1, 0.15) is 24.3 Å². The fourth-order valence-corrected chi connectivity index (χ4v) is 4.99. The molecule has 2 aliphatic rings. The largest absolute Gasteiger partial charge is 0.475 e. The summed E-state index contributed by atoms with van der Waals surface area (Å²) >= 11 is 6.01. The van der Waals surface area contributed by atoms with E-state index in [4.69, 9.17) is 35.6 Å². The fraction of sp³-hybridized carbons (Fsp3) is 0.444. The van der Waals surface area contributed by atoms with Gasteiger partial charge in [-0.1, -0.05) is 23.7 Å². The number of benzene rings is 1. The Hall–Kier alpha value is -1.82. The highest BCUT2D eigenvalue weighted by molar-refractivity contribution is 7.48. The van der Waals surface area contributed by atoms with Crippen molar-refractivity contribution in [3.8, 4) is 0 Å². The number of nitrogens with two attached hydrogens (primary N) is 1. The second-order valence-corrected chi connectivity index (χ2v) is 9.16. The summed E-state index contributed by atoms with van der Waals surface area (Å²) in [5, 5.41) is 21.1. The molecule has 2 aliphatic heterocycles. The average molecular weight is 474 g/mol. The van der Waals surface area contributed by atoms with E-state index in [0.717, 1.165) is 10.1 Å². The number of aliphatic hydroxyl groups is 2. The lowest BCUT2D eigenvalue weighted by molar-refractivity contribution is -0.0609. The predicted molar refractivity (Wildman–Crippen MR) is 108 cm³/mol. The molecule has 0 radical (unpaired) electrons. The molecule has 31 heavy (non-hydrogen) atoms. The van der Waals surface area contributed by atoms with Crippen molar-refractivity contribution < 1.29 is 33.1 Å². The summed E-state index contributed by atoms with van der Waals surface area (Å²) in [5.41, 5.74) is 5.43. The summed E-state index contributed by atoms with van der Waals surface area (Å²) in [6.45, 7) is -0.286. The van der Waals surface area contributed by atoms with Crippen molar-refractivity contribution in [3.63, 3.8) is 0 Å². The van der Waals surface area contributed by atoms with E-state index in [9.17, 15) is 19.6 Å². The van der Waals surface area contributed by atoms with Gasteiger partial charge in [0.2, 0.25) is 0 Å². The van der Waals surface area contributed by atoms with E-state index in [1.807, 2.05) is 0 Å². The van der Waals surface area contributed by atoms with Crippen molar-refractivity contribution in [1.82, 2.24) is 9.55 Å². The molecule has 11 nitrogen and oxygen atoms in total. The first kappa shape index (κ1) is 22.4. The van der Waals surface area contributed by atoms with Gasteiger partial charge in [0.1, 0.15) is 24.1 Å². The highest BCUT2D eigenvalue weighted by Gasteiger charge is 2.46. The monoisotopic (exact) mass is 473 g/mol. The van der Waals surface area contributed by atoms with E-state index >= 15 is 0 Å². The molecule has 6 atom stereocenters. The minimum absolute atomic E-state index is 0.00752. The van der Waals surface area contributed by atoms with E-state index in [2.05, 4.69) is 4.98 Å². The molecule has 1 aromatic carbocycles. The molecule has 13 heteroatoms. The number of aliphatic hydroxyl groups excluding tert-OH is 2. The first-order valence-corrected chi connectivity index (χ1v) is 11.3. The van der Waals surface area contributed by atoms with E-state index < -0.39 is 50.8 Å². The molecule has 0 unspecified atom stereocenters. The van der Waals surface area contributed by atoms with E-state index in [1.54, 1.807) is 24.3 Å². The van der Waals surface area contributed by atoms with E-state index in [-0.39, 0.29) is 12.4 Å². The smallest absolute Gasteiger partial charge is 0.387 e. The maximum atomic E-state index is 12.9. The van der Waals surface area contributed by atoms with Crippen LogP contribution in [-0.2, 0) is 22.9 Å². The Morgan fingerprint density at radius 2 is 2.13 bits per heavy atom. The summed E-state index contributed by atoms with van der Waals surface area (Å²) < 4.78 is 35.6. The van der Waals surface area contributed by atoms with Crippen LogP contribution in [0.15, 0.2) is 41.3 Å². The molecular weight excluding hydrogens is 453 g/mol. The van der Waals surface area contributed by atoms with Gasteiger partial charge in [-0.3, -0.25) is 18.1 Å². The topological polar surface area (TPSA) is 155 Å². The van der Waals surface area contributed by atoms with Crippen molar-refractivity contribution in [3.05, 3.63) is 57.6 Å². The second kappa shape index (κ2) is 8.97. The maximum absolute atomic E-state index is 12.9. The van der Waals surface area contributed by atoms with Gasteiger partial charge in [0.15, 0.2) is 6.23 Å². The molecule has 3 heterocycles. The zero-order chi connectivity index (χ0) is 22.2. The number of phosphoric acid groups is 1. The number of phosphoric ester groups is 1. The Balaban J connectivity index is 1.42. The number of halogens is 1. The lowest BCUT2D eigenvalue weighted by Crippen LogP contribution is -2.36. The van der Waals surface area contributed by atoms with Crippen LogP contribution in [0.3, 0.4) is 0 Å². The number of ether oxygens (including phenoxy) is 1. The van der Waals surface area contributed by atoms with Crippen LogP contribution in [0, 0.1) is 0 Å². The minimum Gasteiger partial charge on any atom is -0.387 e. The predicted octanol–water partition coefficient (Wildman–Crippen LogP) is 1.40. The minimum atomic E-state index is -3.97. The SMILES string of the molecule is Nc1ccn([C@@H]2O[C@H](CO[P@@]3(=O)OCC[C@@H](c4cccc(Cl)c4)O3)[C@@H](O)[C@@H]2O)c(=O)n1. The van der Waals surface area contributed by atoms with Gasteiger partial charge in [-0.05, 0) is 23.8 Å². The molecule has 4 rings (SSSR count). The lowest BCUT2D eigenvalue weighted by Gasteiger charge is -2.29.